The van der Waals surface area contributed by atoms with Gasteiger partial charge in [-0.05, 0) is 41.4 Å². The maximum atomic E-state index is 12.4. The van der Waals surface area contributed by atoms with E-state index in [-0.39, 0.29) is 11.3 Å². The van der Waals surface area contributed by atoms with Crippen molar-refractivity contribution < 1.29 is 4.79 Å². The molecule has 0 radical (unpaired) electrons. The highest BCUT2D eigenvalue weighted by molar-refractivity contribution is 9.10. The molecule has 1 aromatic rings. The predicted molar refractivity (Wildman–Crippen MR) is 75.8 cm³/mol. The van der Waals surface area contributed by atoms with Crippen LogP contribution in [-0.2, 0) is 4.79 Å². The summed E-state index contributed by atoms with van der Waals surface area (Å²) in [5.41, 5.74) is 0.224. The largest absolute Gasteiger partial charge is 0.323 e. The second kappa shape index (κ2) is 5.55. The van der Waals surface area contributed by atoms with E-state index in [1.165, 1.54) is 0 Å². The summed E-state index contributed by atoms with van der Waals surface area (Å²) in [6.45, 7) is 3.63. The molecule has 1 aliphatic heterocycles. The lowest BCUT2D eigenvalue weighted by atomic mass is 9.83. The molecule has 1 fully saturated rings. The summed E-state index contributed by atoms with van der Waals surface area (Å²) in [5.74, 6) is 0.0109. The van der Waals surface area contributed by atoms with Crippen molar-refractivity contribution >= 4 is 39.1 Å². The number of aromatic nitrogens is 1. The van der Waals surface area contributed by atoms with Gasteiger partial charge in [-0.1, -0.05) is 18.5 Å². The van der Waals surface area contributed by atoms with E-state index >= 15 is 0 Å². The molecule has 6 heteroatoms. The van der Waals surface area contributed by atoms with Crippen LogP contribution >= 0.6 is 27.5 Å². The van der Waals surface area contributed by atoms with Gasteiger partial charge in [0.1, 0.15) is 0 Å². The zero-order valence-electron chi connectivity index (χ0n) is 10.1. The number of amides is 1. The number of pyridine rings is 1. The third-order valence-electron chi connectivity index (χ3n) is 3.46. The van der Waals surface area contributed by atoms with Crippen LogP contribution in [0, 0.1) is 5.41 Å². The number of hydrogen-bond acceptors (Lipinski definition) is 3. The monoisotopic (exact) mass is 331 g/mol. The predicted octanol–water partition coefficient (Wildman–Crippen LogP) is 2.83. The molecule has 2 N–H and O–H groups in total. The average molecular weight is 333 g/mol. The van der Waals surface area contributed by atoms with Crippen LogP contribution in [0.2, 0.25) is 5.15 Å². The Hall–Kier alpha value is -0.650. The highest BCUT2D eigenvalue weighted by Gasteiger charge is 2.39. The summed E-state index contributed by atoms with van der Waals surface area (Å²) < 4.78 is 0.789. The molecular formula is C12H15BrClN3O. The third kappa shape index (κ3) is 2.68. The number of carbonyl (C=O) groups excluding carboxylic acids is 1. The van der Waals surface area contributed by atoms with E-state index in [4.69, 9.17) is 11.6 Å². The number of hydrogen-bond donors (Lipinski definition) is 2. The van der Waals surface area contributed by atoms with E-state index in [9.17, 15) is 4.79 Å². The molecule has 2 heterocycles. The molecule has 0 saturated carbocycles. The molecule has 1 aliphatic rings. The summed E-state index contributed by atoms with van der Waals surface area (Å²) in [6, 6.07) is 1.76. The van der Waals surface area contributed by atoms with Gasteiger partial charge in [0.2, 0.25) is 5.91 Å². The summed E-state index contributed by atoms with van der Waals surface area (Å²) in [7, 11) is 0. The van der Waals surface area contributed by atoms with Crippen molar-refractivity contribution in [2.75, 3.05) is 18.4 Å². The molecule has 1 saturated heterocycles. The molecule has 1 atom stereocenters. The van der Waals surface area contributed by atoms with Gasteiger partial charge >= 0.3 is 0 Å². The second-order valence-corrected chi connectivity index (χ2v) is 5.78. The van der Waals surface area contributed by atoms with E-state index in [1.54, 1.807) is 12.3 Å². The van der Waals surface area contributed by atoms with E-state index < -0.39 is 0 Å². The summed E-state index contributed by atoms with van der Waals surface area (Å²) in [6.07, 6.45) is 3.27. The molecule has 0 aliphatic carbocycles. The van der Waals surface area contributed by atoms with Crippen LogP contribution in [0.1, 0.15) is 19.8 Å². The molecule has 0 bridgehead atoms. The molecule has 98 valence electrons. The molecule has 0 aromatic carbocycles. The number of nitrogens with zero attached hydrogens (tertiary/aromatic N) is 1. The van der Waals surface area contributed by atoms with Crippen LogP contribution in [-0.4, -0.2) is 24.0 Å². The number of nitrogens with one attached hydrogen (secondary N) is 2. The number of rotatable bonds is 3. The Morgan fingerprint density at radius 3 is 3.11 bits per heavy atom. The molecule has 0 spiro atoms. The van der Waals surface area contributed by atoms with Crippen molar-refractivity contribution in [2.45, 2.75) is 19.8 Å². The smallest absolute Gasteiger partial charge is 0.232 e. The zero-order chi connectivity index (χ0) is 13.2. The molecule has 4 nitrogen and oxygen atoms in total. The molecule has 1 amide bonds. The maximum absolute atomic E-state index is 12.4. The van der Waals surface area contributed by atoms with Gasteiger partial charge in [-0.2, -0.15) is 0 Å². The van der Waals surface area contributed by atoms with Crippen LogP contribution in [0.5, 0.6) is 0 Å². The summed E-state index contributed by atoms with van der Waals surface area (Å²) in [4.78, 5) is 16.4. The van der Waals surface area contributed by atoms with Gasteiger partial charge in [0.25, 0.3) is 0 Å². The molecule has 2 rings (SSSR count). The first-order valence-corrected chi connectivity index (χ1v) is 7.08. The van der Waals surface area contributed by atoms with E-state index in [2.05, 4.69) is 31.5 Å². The van der Waals surface area contributed by atoms with Crippen LogP contribution < -0.4 is 10.6 Å². The fourth-order valence-corrected chi connectivity index (χ4v) is 2.65. The molecule has 1 aromatic heterocycles. The number of anilines is 1. The van der Waals surface area contributed by atoms with Crippen LogP contribution in [0.4, 0.5) is 5.69 Å². The Labute approximate surface area is 120 Å². The fraction of sp³-hybridized carbons (Fsp3) is 0.500. The third-order valence-corrected chi connectivity index (χ3v) is 4.19. The summed E-state index contributed by atoms with van der Waals surface area (Å²) >= 11 is 9.29. The van der Waals surface area contributed by atoms with E-state index in [0.29, 0.717) is 17.4 Å². The normalized spacial score (nSPS) is 23.1. The Morgan fingerprint density at radius 2 is 2.50 bits per heavy atom. The minimum Gasteiger partial charge on any atom is -0.323 e. The average Bonchev–Trinajstić information content (AvgIpc) is 2.84. The Bertz CT molecular complexity index is 461. The Morgan fingerprint density at radius 1 is 1.72 bits per heavy atom. The lowest BCUT2D eigenvalue weighted by Crippen LogP contribution is -2.37. The van der Waals surface area contributed by atoms with Crippen molar-refractivity contribution in [1.29, 1.82) is 0 Å². The lowest BCUT2D eigenvalue weighted by Gasteiger charge is -2.25. The molecule has 18 heavy (non-hydrogen) atoms. The van der Waals surface area contributed by atoms with Crippen molar-refractivity contribution in [1.82, 2.24) is 10.3 Å². The van der Waals surface area contributed by atoms with Gasteiger partial charge in [-0.25, -0.2) is 4.98 Å². The first-order valence-electron chi connectivity index (χ1n) is 5.90. The van der Waals surface area contributed by atoms with Crippen LogP contribution in [0.25, 0.3) is 0 Å². The maximum Gasteiger partial charge on any atom is 0.232 e. The minimum atomic E-state index is -0.328. The van der Waals surface area contributed by atoms with E-state index in [1.807, 2.05) is 6.92 Å². The van der Waals surface area contributed by atoms with Crippen molar-refractivity contribution in [2.24, 2.45) is 5.41 Å². The van der Waals surface area contributed by atoms with Gasteiger partial charge in [-0.15, -0.1) is 0 Å². The fourth-order valence-electron chi connectivity index (χ4n) is 2.17. The second-order valence-electron chi connectivity index (χ2n) is 4.51. The highest BCUT2D eigenvalue weighted by Crippen LogP contribution is 2.32. The highest BCUT2D eigenvalue weighted by atomic mass is 79.9. The first kappa shape index (κ1) is 13.8. The number of carbonyl (C=O) groups is 1. The quantitative estimate of drug-likeness (QED) is 0.837. The van der Waals surface area contributed by atoms with Gasteiger partial charge in [0, 0.05) is 17.2 Å². The van der Waals surface area contributed by atoms with Gasteiger partial charge < -0.3 is 10.6 Å². The standard InChI is InChI=1S/C12H15BrClN3O/c1-2-12(3-4-15-7-12)11(18)17-9-5-8(13)6-16-10(9)14/h5-6,15H,2-4,7H2,1H3,(H,17,18). The molecule has 1 unspecified atom stereocenters. The minimum absolute atomic E-state index is 0.0109. The Kier molecular flexibility index (Phi) is 4.25. The van der Waals surface area contributed by atoms with Crippen LogP contribution in [0.3, 0.4) is 0 Å². The first-order chi connectivity index (χ1) is 8.57. The van der Waals surface area contributed by atoms with E-state index in [0.717, 1.165) is 23.9 Å². The number of halogens is 2. The Balaban J connectivity index is 2.18. The topological polar surface area (TPSA) is 54.0 Å². The van der Waals surface area contributed by atoms with Crippen molar-refractivity contribution in [3.8, 4) is 0 Å². The lowest BCUT2D eigenvalue weighted by molar-refractivity contribution is -0.124. The summed E-state index contributed by atoms with van der Waals surface area (Å²) in [5, 5.41) is 6.43. The van der Waals surface area contributed by atoms with Crippen molar-refractivity contribution in [3.05, 3.63) is 21.9 Å². The van der Waals surface area contributed by atoms with Crippen molar-refractivity contribution in [3.63, 3.8) is 0 Å². The molecular weight excluding hydrogens is 318 g/mol. The van der Waals surface area contributed by atoms with Gasteiger partial charge in [0.15, 0.2) is 5.15 Å². The van der Waals surface area contributed by atoms with Crippen LogP contribution in [0.15, 0.2) is 16.7 Å². The SMILES string of the molecule is CCC1(C(=O)Nc2cc(Br)cnc2Cl)CCNC1. The zero-order valence-corrected chi connectivity index (χ0v) is 12.4. The van der Waals surface area contributed by atoms with Gasteiger partial charge in [-0.3, -0.25) is 4.79 Å². The van der Waals surface area contributed by atoms with Gasteiger partial charge in [0.05, 0.1) is 11.1 Å².